The van der Waals surface area contributed by atoms with Crippen molar-refractivity contribution in [3.8, 4) is 17.4 Å². The van der Waals surface area contributed by atoms with E-state index in [-0.39, 0.29) is 35.4 Å². The normalized spacial score (nSPS) is 12.5. The highest BCUT2D eigenvalue weighted by atomic mass is 19.1. The van der Waals surface area contributed by atoms with Crippen molar-refractivity contribution in [2.45, 2.75) is 46.9 Å². The number of nitrogens with one attached hydrogen (secondary N) is 1. The molecule has 0 spiro atoms. The standard InChI is InChI=1S/C25H30FN7O4/c1-13(2)11-32-23-19(24(35)33(25(32)36)12-14(3)4)28-22(29-23)17-10-18(30-31(17)5)37-20(21(27)34)15-6-8-16(26)9-7-15/h6-10,13-14,20H,11-12H2,1-5H3,(H2,27,34)(H,28,29). The van der Waals surface area contributed by atoms with Crippen LogP contribution in [0.1, 0.15) is 39.4 Å². The Morgan fingerprint density at radius 3 is 2.30 bits per heavy atom. The van der Waals surface area contributed by atoms with Gasteiger partial charge in [0.1, 0.15) is 17.0 Å². The largest absolute Gasteiger partial charge is 0.458 e. The molecule has 0 fully saturated rings. The Morgan fingerprint density at radius 1 is 1.08 bits per heavy atom. The summed E-state index contributed by atoms with van der Waals surface area (Å²) >= 11 is 0. The van der Waals surface area contributed by atoms with Crippen molar-refractivity contribution < 1.29 is 13.9 Å². The number of imidazole rings is 1. The predicted octanol–water partition coefficient (Wildman–Crippen LogP) is 2.34. The van der Waals surface area contributed by atoms with Crippen LogP contribution in [0.4, 0.5) is 4.39 Å². The molecule has 0 saturated carbocycles. The zero-order valence-electron chi connectivity index (χ0n) is 21.4. The van der Waals surface area contributed by atoms with Crippen LogP contribution in [0.2, 0.25) is 0 Å². The third-order valence-corrected chi connectivity index (χ3v) is 5.73. The summed E-state index contributed by atoms with van der Waals surface area (Å²) in [6.45, 7) is 8.49. The van der Waals surface area contributed by atoms with Gasteiger partial charge in [-0.2, -0.15) is 0 Å². The summed E-state index contributed by atoms with van der Waals surface area (Å²) in [6.07, 6.45) is -1.20. The molecule has 4 rings (SSSR count). The van der Waals surface area contributed by atoms with Crippen LogP contribution in [0.3, 0.4) is 0 Å². The summed E-state index contributed by atoms with van der Waals surface area (Å²) in [6, 6.07) is 6.76. The maximum absolute atomic E-state index is 13.3. The number of carbonyl (C=O) groups excluding carboxylic acids is 1. The number of H-pyrrole nitrogens is 1. The Labute approximate surface area is 211 Å². The number of fused-ring (bicyclic) bond motifs is 1. The molecule has 3 aromatic heterocycles. The monoisotopic (exact) mass is 511 g/mol. The fourth-order valence-corrected chi connectivity index (χ4v) is 4.11. The van der Waals surface area contributed by atoms with Crippen molar-refractivity contribution in [1.29, 1.82) is 0 Å². The van der Waals surface area contributed by atoms with Crippen LogP contribution in [0, 0.1) is 17.7 Å². The van der Waals surface area contributed by atoms with Crippen LogP contribution in [0.5, 0.6) is 5.88 Å². The van der Waals surface area contributed by atoms with Crippen molar-refractivity contribution in [3.05, 3.63) is 62.6 Å². The molecule has 1 amide bonds. The van der Waals surface area contributed by atoms with Gasteiger partial charge in [0.05, 0.1) is 0 Å². The number of aryl methyl sites for hydroxylation is 1. The number of benzene rings is 1. The van der Waals surface area contributed by atoms with Gasteiger partial charge in [-0.05, 0) is 24.0 Å². The lowest BCUT2D eigenvalue weighted by molar-refractivity contribution is -0.125. The zero-order chi connectivity index (χ0) is 27.0. The molecule has 12 heteroatoms. The van der Waals surface area contributed by atoms with E-state index in [1.165, 1.54) is 44.1 Å². The maximum atomic E-state index is 13.3. The average Bonchev–Trinajstić information content (AvgIpc) is 3.42. The van der Waals surface area contributed by atoms with E-state index in [9.17, 15) is 18.8 Å². The lowest BCUT2D eigenvalue weighted by Crippen LogP contribution is -2.41. The van der Waals surface area contributed by atoms with Crippen molar-refractivity contribution in [3.63, 3.8) is 0 Å². The van der Waals surface area contributed by atoms with Crippen molar-refractivity contribution >= 4 is 17.1 Å². The second-order valence-electron chi connectivity index (χ2n) is 9.82. The third kappa shape index (κ3) is 5.18. The van der Waals surface area contributed by atoms with Crippen LogP contribution in [-0.4, -0.2) is 34.8 Å². The number of nitrogens with two attached hydrogens (primary N) is 1. The molecule has 1 aromatic carbocycles. The zero-order valence-corrected chi connectivity index (χ0v) is 21.4. The van der Waals surface area contributed by atoms with E-state index >= 15 is 0 Å². The minimum absolute atomic E-state index is 0.0721. The lowest BCUT2D eigenvalue weighted by atomic mass is 10.1. The highest BCUT2D eigenvalue weighted by Crippen LogP contribution is 2.26. The molecule has 0 bridgehead atoms. The molecule has 3 N–H and O–H groups in total. The van der Waals surface area contributed by atoms with Gasteiger partial charge in [-0.1, -0.05) is 39.8 Å². The van der Waals surface area contributed by atoms with E-state index in [2.05, 4.69) is 15.1 Å². The second-order valence-corrected chi connectivity index (χ2v) is 9.82. The highest BCUT2D eigenvalue weighted by Gasteiger charge is 2.24. The number of rotatable bonds is 9. The minimum Gasteiger partial charge on any atom is -0.458 e. The van der Waals surface area contributed by atoms with Crippen molar-refractivity contribution in [1.82, 2.24) is 28.9 Å². The molecular weight excluding hydrogens is 481 g/mol. The molecule has 1 unspecified atom stereocenters. The fraction of sp³-hybridized carbons (Fsp3) is 0.400. The average molecular weight is 512 g/mol. The van der Waals surface area contributed by atoms with E-state index < -0.39 is 29.1 Å². The summed E-state index contributed by atoms with van der Waals surface area (Å²) in [4.78, 5) is 46.1. The van der Waals surface area contributed by atoms with E-state index in [1.54, 1.807) is 7.05 Å². The van der Waals surface area contributed by atoms with Crippen LogP contribution in [0.15, 0.2) is 39.9 Å². The van der Waals surface area contributed by atoms with E-state index in [1.807, 2.05) is 27.7 Å². The Bertz CT molecular complexity index is 1560. The summed E-state index contributed by atoms with van der Waals surface area (Å²) in [5.74, 6) is -0.628. The first kappa shape index (κ1) is 25.9. The molecular formula is C25H30FN7O4. The first-order valence-electron chi connectivity index (χ1n) is 12.0. The van der Waals surface area contributed by atoms with Crippen LogP contribution >= 0.6 is 0 Å². The van der Waals surface area contributed by atoms with Gasteiger partial charge in [0.2, 0.25) is 12.0 Å². The molecule has 196 valence electrons. The molecule has 3 heterocycles. The van der Waals surface area contributed by atoms with E-state index in [0.717, 1.165) is 0 Å². The van der Waals surface area contributed by atoms with Crippen LogP contribution in [-0.2, 0) is 24.9 Å². The summed E-state index contributed by atoms with van der Waals surface area (Å²) in [5, 5.41) is 4.29. The third-order valence-electron chi connectivity index (χ3n) is 5.73. The molecule has 0 radical (unpaired) electrons. The summed E-state index contributed by atoms with van der Waals surface area (Å²) in [5.41, 5.74) is 5.94. The Balaban J connectivity index is 1.78. The number of hydrogen-bond donors (Lipinski definition) is 2. The fourth-order valence-electron chi connectivity index (χ4n) is 4.11. The number of aromatic amines is 1. The first-order valence-corrected chi connectivity index (χ1v) is 12.0. The van der Waals surface area contributed by atoms with Crippen LogP contribution < -0.4 is 21.7 Å². The van der Waals surface area contributed by atoms with E-state index in [0.29, 0.717) is 23.6 Å². The van der Waals surface area contributed by atoms with Crippen molar-refractivity contribution in [2.24, 2.45) is 24.6 Å². The van der Waals surface area contributed by atoms with Crippen molar-refractivity contribution in [2.75, 3.05) is 0 Å². The summed E-state index contributed by atoms with van der Waals surface area (Å²) in [7, 11) is 1.64. The second kappa shape index (κ2) is 10.0. The SMILES string of the molecule is CC(C)Cn1c(=O)c2[nH]c(-c3cc(OC(C(N)=O)c4ccc(F)cc4)nn3C)nc2n(CC(C)C)c1=O. The number of halogens is 1. The van der Waals surface area contributed by atoms with E-state index in [4.69, 9.17) is 10.5 Å². The van der Waals surface area contributed by atoms with Gasteiger partial charge in [0.25, 0.3) is 11.5 Å². The molecule has 37 heavy (non-hydrogen) atoms. The number of aromatic nitrogens is 6. The minimum atomic E-state index is -1.20. The smallest absolute Gasteiger partial charge is 0.332 e. The van der Waals surface area contributed by atoms with Crippen LogP contribution in [0.25, 0.3) is 22.7 Å². The number of primary amides is 1. The number of carbonyl (C=O) groups is 1. The highest BCUT2D eigenvalue weighted by molar-refractivity contribution is 5.81. The lowest BCUT2D eigenvalue weighted by Gasteiger charge is -2.14. The predicted molar refractivity (Wildman–Crippen MR) is 135 cm³/mol. The molecule has 0 aliphatic rings. The van der Waals surface area contributed by atoms with Gasteiger partial charge in [0, 0.05) is 31.8 Å². The molecule has 11 nitrogen and oxygen atoms in total. The topological polar surface area (TPSA) is 143 Å². The van der Waals surface area contributed by atoms with Gasteiger partial charge in [0.15, 0.2) is 11.5 Å². The molecule has 0 aliphatic carbocycles. The number of amides is 1. The van der Waals surface area contributed by atoms with Gasteiger partial charge < -0.3 is 15.5 Å². The molecule has 4 aromatic rings. The maximum Gasteiger partial charge on any atom is 0.332 e. The van der Waals surface area contributed by atoms with Gasteiger partial charge in [-0.3, -0.25) is 23.4 Å². The summed E-state index contributed by atoms with van der Waals surface area (Å²) < 4.78 is 23.3. The Hall–Kier alpha value is -4.22. The quantitative estimate of drug-likeness (QED) is 0.353. The number of hydrogen-bond acceptors (Lipinski definition) is 6. The molecule has 0 saturated heterocycles. The van der Waals surface area contributed by atoms with Gasteiger partial charge in [-0.25, -0.2) is 14.2 Å². The molecule has 0 aliphatic heterocycles. The number of ether oxygens (including phenoxy) is 1. The number of nitrogens with zero attached hydrogens (tertiary/aromatic N) is 5. The van der Waals surface area contributed by atoms with Gasteiger partial charge in [-0.15, -0.1) is 5.10 Å². The Morgan fingerprint density at radius 2 is 1.70 bits per heavy atom. The molecule has 1 atom stereocenters. The Kier molecular flexibility index (Phi) is 7.01. The van der Waals surface area contributed by atoms with Gasteiger partial charge >= 0.3 is 5.69 Å². The first-order chi connectivity index (χ1) is 17.5.